The summed E-state index contributed by atoms with van der Waals surface area (Å²) in [5.74, 6) is -0.761. The summed E-state index contributed by atoms with van der Waals surface area (Å²) in [5.41, 5.74) is 4.81. The van der Waals surface area contributed by atoms with E-state index in [1.54, 1.807) is 0 Å². The first kappa shape index (κ1) is 13.6. The zero-order valence-electron chi connectivity index (χ0n) is 9.25. The van der Waals surface area contributed by atoms with Crippen molar-refractivity contribution in [1.29, 1.82) is 0 Å². The predicted molar refractivity (Wildman–Crippen MR) is 53.0 cm³/mol. The quantitative estimate of drug-likeness (QED) is 0.756. The zero-order valence-corrected chi connectivity index (χ0v) is 9.25. The lowest BCUT2D eigenvalue weighted by Gasteiger charge is -2.28. The average molecular weight is 253 g/mol. The highest BCUT2D eigenvalue weighted by atomic mass is 19.4. The molecule has 3 N–H and O–H groups in total. The molecule has 0 aromatic heterocycles. The van der Waals surface area contributed by atoms with E-state index in [0.29, 0.717) is 6.42 Å². The number of nitrogens with two attached hydrogens (primary N) is 1. The highest BCUT2D eigenvalue weighted by Gasteiger charge is 2.48. The lowest BCUT2D eigenvalue weighted by Crippen LogP contribution is -2.53. The monoisotopic (exact) mass is 253 g/mol. The molecule has 98 valence electrons. The molecule has 0 saturated carbocycles. The van der Waals surface area contributed by atoms with Crippen LogP contribution >= 0.6 is 0 Å². The molecule has 0 aromatic rings. The van der Waals surface area contributed by atoms with Crippen LogP contribution in [0.1, 0.15) is 19.8 Å². The van der Waals surface area contributed by atoms with Gasteiger partial charge in [-0.2, -0.15) is 13.2 Å². The summed E-state index contributed by atoms with van der Waals surface area (Å²) in [5, 5.41) is 2.07. The molecule has 3 amide bonds. The molecule has 0 radical (unpaired) electrons. The Morgan fingerprint density at radius 3 is 2.53 bits per heavy atom. The highest BCUT2D eigenvalue weighted by molar-refractivity contribution is 5.86. The van der Waals surface area contributed by atoms with E-state index in [0.717, 1.165) is 4.90 Å². The molecule has 1 heterocycles. The fourth-order valence-corrected chi connectivity index (χ4v) is 1.89. The smallest absolute Gasteiger partial charge is 0.352 e. The molecule has 1 fully saturated rings. The van der Waals surface area contributed by atoms with Crippen LogP contribution in [0, 0.1) is 0 Å². The lowest BCUT2D eigenvalue weighted by molar-refractivity contribution is -0.183. The van der Waals surface area contributed by atoms with Crippen LogP contribution in [0.15, 0.2) is 0 Å². The number of amides is 3. The first-order valence-electron chi connectivity index (χ1n) is 5.16. The predicted octanol–water partition coefficient (Wildman–Crippen LogP) is 0.596. The molecule has 1 saturated heterocycles. The van der Waals surface area contributed by atoms with E-state index in [-0.39, 0.29) is 13.0 Å². The molecule has 1 rings (SSSR count). The molecule has 0 bridgehead atoms. The third kappa shape index (κ3) is 3.24. The minimum atomic E-state index is -4.43. The summed E-state index contributed by atoms with van der Waals surface area (Å²) in [7, 11) is 0. The lowest BCUT2D eigenvalue weighted by atomic mass is 10.2. The fourth-order valence-electron chi connectivity index (χ4n) is 1.89. The molecule has 0 spiro atoms. The van der Waals surface area contributed by atoms with E-state index in [4.69, 9.17) is 5.73 Å². The highest BCUT2D eigenvalue weighted by Crippen LogP contribution is 2.32. The number of hydrogen-bond acceptors (Lipinski definition) is 2. The summed E-state index contributed by atoms with van der Waals surface area (Å²) in [6.45, 7) is 1.35. The van der Waals surface area contributed by atoms with Crippen molar-refractivity contribution < 1.29 is 22.8 Å². The van der Waals surface area contributed by atoms with Crippen molar-refractivity contribution in [2.45, 2.75) is 38.0 Å². The maximum absolute atomic E-state index is 12.6. The molecule has 8 heteroatoms. The SMILES string of the molecule is C[C@H](NC(N)=O)C(=O)N1CCC[C@H]1C(F)(F)F. The summed E-state index contributed by atoms with van der Waals surface area (Å²) >= 11 is 0. The van der Waals surface area contributed by atoms with Gasteiger partial charge in [0.05, 0.1) is 0 Å². The second-order valence-electron chi connectivity index (χ2n) is 3.96. The maximum atomic E-state index is 12.6. The zero-order chi connectivity index (χ0) is 13.2. The fraction of sp³-hybridized carbons (Fsp3) is 0.778. The van der Waals surface area contributed by atoms with Crippen molar-refractivity contribution in [3.05, 3.63) is 0 Å². The van der Waals surface area contributed by atoms with Gasteiger partial charge in [0.1, 0.15) is 12.1 Å². The van der Waals surface area contributed by atoms with Gasteiger partial charge in [-0.1, -0.05) is 0 Å². The Bertz CT molecular complexity index is 319. The normalized spacial score (nSPS) is 22.4. The topological polar surface area (TPSA) is 75.4 Å². The molecule has 0 unspecified atom stereocenters. The molecule has 0 aromatic carbocycles. The first-order chi connectivity index (χ1) is 7.73. The van der Waals surface area contributed by atoms with Crippen LogP contribution < -0.4 is 11.1 Å². The van der Waals surface area contributed by atoms with E-state index < -0.39 is 30.2 Å². The molecule has 5 nitrogen and oxygen atoms in total. The number of carbonyl (C=O) groups excluding carboxylic acids is 2. The Hall–Kier alpha value is -1.47. The van der Waals surface area contributed by atoms with Gasteiger partial charge in [-0.25, -0.2) is 4.79 Å². The second kappa shape index (κ2) is 4.80. The number of alkyl halides is 3. The minimum absolute atomic E-state index is 0.0494. The third-order valence-corrected chi connectivity index (χ3v) is 2.64. The molecular weight excluding hydrogens is 239 g/mol. The third-order valence-electron chi connectivity index (χ3n) is 2.64. The van der Waals surface area contributed by atoms with E-state index >= 15 is 0 Å². The molecule has 1 aliphatic heterocycles. The van der Waals surface area contributed by atoms with Crippen LogP contribution in [-0.4, -0.2) is 41.6 Å². The summed E-state index contributed by atoms with van der Waals surface area (Å²) < 4.78 is 37.8. The Morgan fingerprint density at radius 1 is 1.47 bits per heavy atom. The summed E-state index contributed by atoms with van der Waals surface area (Å²) in [6, 6.07) is -3.74. The van der Waals surface area contributed by atoms with E-state index in [9.17, 15) is 22.8 Å². The van der Waals surface area contributed by atoms with Crippen molar-refractivity contribution in [3.63, 3.8) is 0 Å². The van der Waals surface area contributed by atoms with E-state index in [1.165, 1.54) is 6.92 Å². The molecule has 2 atom stereocenters. The number of halogens is 3. The largest absolute Gasteiger partial charge is 0.408 e. The number of nitrogens with one attached hydrogen (secondary N) is 1. The van der Waals surface area contributed by atoms with Crippen LogP contribution in [0.5, 0.6) is 0 Å². The number of nitrogens with zero attached hydrogens (tertiary/aromatic N) is 1. The maximum Gasteiger partial charge on any atom is 0.408 e. The number of urea groups is 1. The van der Waals surface area contributed by atoms with E-state index in [2.05, 4.69) is 5.32 Å². The second-order valence-corrected chi connectivity index (χ2v) is 3.96. The van der Waals surface area contributed by atoms with Crippen LogP contribution in [0.25, 0.3) is 0 Å². The average Bonchev–Trinajstić information content (AvgIpc) is 2.62. The van der Waals surface area contributed by atoms with Crippen molar-refractivity contribution >= 4 is 11.9 Å². The van der Waals surface area contributed by atoms with Crippen LogP contribution in [0.3, 0.4) is 0 Å². The molecule has 0 aliphatic carbocycles. The Balaban J connectivity index is 2.71. The molecule has 17 heavy (non-hydrogen) atoms. The van der Waals surface area contributed by atoms with Gasteiger partial charge >= 0.3 is 12.2 Å². The van der Waals surface area contributed by atoms with Gasteiger partial charge < -0.3 is 16.0 Å². The van der Waals surface area contributed by atoms with Crippen LogP contribution in [0.2, 0.25) is 0 Å². The van der Waals surface area contributed by atoms with Crippen LogP contribution in [0.4, 0.5) is 18.0 Å². The van der Waals surface area contributed by atoms with Gasteiger partial charge in [0, 0.05) is 6.54 Å². The molecular formula is C9H14F3N3O2. The molecule has 1 aliphatic rings. The van der Waals surface area contributed by atoms with Gasteiger partial charge in [-0.3, -0.25) is 4.79 Å². The van der Waals surface area contributed by atoms with Gasteiger partial charge in [0.25, 0.3) is 0 Å². The van der Waals surface area contributed by atoms with Crippen LogP contribution in [-0.2, 0) is 4.79 Å². The Kier molecular flexibility index (Phi) is 3.84. The Labute approximate surface area is 96.1 Å². The van der Waals surface area contributed by atoms with Crippen molar-refractivity contribution in [3.8, 4) is 0 Å². The van der Waals surface area contributed by atoms with E-state index in [1.807, 2.05) is 0 Å². The summed E-state index contributed by atoms with van der Waals surface area (Å²) in [6.07, 6.45) is -4.23. The van der Waals surface area contributed by atoms with Crippen molar-refractivity contribution in [1.82, 2.24) is 10.2 Å². The number of hydrogen-bond donors (Lipinski definition) is 2. The van der Waals surface area contributed by atoms with Gasteiger partial charge in [-0.15, -0.1) is 0 Å². The summed E-state index contributed by atoms with van der Waals surface area (Å²) in [4.78, 5) is 23.0. The van der Waals surface area contributed by atoms with Crippen molar-refractivity contribution in [2.24, 2.45) is 5.73 Å². The van der Waals surface area contributed by atoms with Gasteiger partial charge in [-0.05, 0) is 19.8 Å². The number of carbonyl (C=O) groups is 2. The minimum Gasteiger partial charge on any atom is -0.352 e. The standard InChI is InChI=1S/C9H14F3N3O2/c1-5(14-8(13)17)7(16)15-4-2-3-6(15)9(10,11)12/h5-6H,2-4H2,1H3,(H3,13,14,17)/t5-,6-/m0/s1. The van der Waals surface area contributed by atoms with Crippen molar-refractivity contribution in [2.75, 3.05) is 6.54 Å². The first-order valence-corrected chi connectivity index (χ1v) is 5.16. The van der Waals surface area contributed by atoms with Gasteiger partial charge in [0.15, 0.2) is 0 Å². The number of likely N-dealkylation sites (tertiary alicyclic amines) is 1. The number of rotatable bonds is 2. The van der Waals surface area contributed by atoms with Gasteiger partial charge in [0.2, 0.25) is 5.91 Å². The number of primary amides is 1. The Morgan fingerprint density at radius 2 is 2.06 bits per heavy atom.